The minimum absolute atomic E-state index is 0. The number of carbonyl (C=O) groups excluding carboxylic acids is 1. The van der Waals surface area contributed by atoms with Gasteiger partial charge in [0.15, 0.2) is 0 Å². The number of rotatable bonds is 6. The molecule has 1 rings (SSSR count). The van der Waals surface area contributed by atoms with Gasteiger partial charge in [0.1, 0.15) is 0 Å². The third-order valence-electron chi connectivity index (χ3n) is 2.20. The molecule has 96 valence electrons. The van der Waals surface area contributed by atoms with Gasteiger partial charge in [-0.2, -0.15) is 0 Å². The Bertz CT molecular complexity index is 187. The summed E-state index contributed by atoms with van der Waals surface area (Å²) in [4.78, 5) is 11.4. The van der Waals surface area contributed by atoms with E-state index in [1.807, 2.05) is 6.92 Å². The minimum atomic E-state index is 0. The molecule has 1 heterocycles. The Hall–Kier alpha value is -0.360. The van der Waals surface area contributed by atoms with Crippen molar-refractivity contribution in [2.75, 3.05) is 39.5 Å². The van der Waals surface area contributed by atoms with Crippen LogP contribution in [0.3, 0.4) is 0 Å². The monoisotopic (exact) mass is 252 g/mol. The first-order valence-corrected chi connectivity index (χ1v) is 5.48. The second-order valence-electron chi connectivity index (χ2n) is 3.48. The van der Waals surface area contributed by atoms with E-state index in [0.717, 1.165) is 13.2 Å². The highest BCUT2D eigenvalue weighted by atomic mass is 35.5. The van der Waals surface area contributed by atoms with Gasteiger partial charge in [0, 0.05) is 32.2 Å². The fourth-order valence-corrected chi connectivity index (χ4v) is 1.45. The van der Waals surface area contributed by atoms with Crippen molar-refractivity contribution < 1.29 is 14.3 Å². The van der Waals surface area contributed by atoms with Crippen LogP contribution in [0.1, 0.15) is 13.3 Å². The molecule has 0 aromatic heterocycles. The lowest BCUT2D eigenvalue weighted by molar-refractivity contribution is -0.122. The average molecular weight is 253 g/mol. The molecular formula is C10H21ClN2O3. The molecule has 1 saturated heterocycles. The first-order chi connectivity index (χ1) is 7.33. The van der Waals surface area contributed by atoms with E-state index in [9.17, 15) is 4.79 Å². The number of carbonyl (C=O) groups is 1. The van der Waals surface area contributed by atoms with E-state index in [0.29, 0.717) is 32.8 Å². The third kappa shape index (κ3) is 7.00. The number of halogens is 1. The number of morpholine rings is 1. The molecule has 6 heteroatoms. The maximum absolute atomic E-state index is 11.4. The highest BCUT2D eigenvalue weighted by Gasteiger charge is 2.16. The van der Waals surface area contributed by atoms with Crippen LogP contribution in [0.5, 0.6) is 0 Å². The summed E-state index contributed by atoms with van der Waals surface area (Å²) in [5.74, 6) is 0.0534. The molecule has 1 fully saturated rings. The number of ether oxygens (including phenoxy) is 2. The first-order valence-electron chi connectivity index (χ1n) is 5.48. The van der Waals surface area contributed by atoms with E-state index < -0.39 is 0 Å². The molecule has 1 aliphatic heterocycles. The first kappa shape index (κ1) is 15.6. The molecule has 1 atom stereocenters. The lowest BCUT2D eigenvalue weighted by atomic mass is 10.2. The van der Waals surface area contributed by atoms with Crippen LogP contribution in [-0.2, 0) is 14.3 Å². The van der Waals surface area contributed by atoms with Crippen LogP contribution in [-0.4, -0.2) is 51.5 Å². The third-order valence-corrected chi connectivity index (χ3v) is 2.20. The van der Waals surface area contributed by atoms with E-state index in [4.69, 9.17) is 9.47 Å². The van der Waals surface area contributed by atoms with E-state index in [1.54, 1.807) is 0 Å². The zero-order valence-corrected chi connectivity index (χ0v) is 10.5. The molecule has 1 amide bonds. The smallest absolute Gasteiger partial charge is 0.221 e. The molecule has 0 aliphatic carbocycles. The number of hydrogen-bond acceptors (Lipinski definition) is 4. The van der Waals surface area contributed by atoms with Crippen molar-refractivity contribution in [2.24, 2.45) is 0 Å². The quantitative estimate of drug-likeness (QED) is 0.651. The van der Waals surface area contributed by atoms with Gasteiger partial charge in [-0.05, 0) is 6.92 Å². The van der Waals surface area contributed by atoms with Crippen LogP contribution in [0.2, 0.25) is 0 Å². The Morgan fingerprint density at radius 3 is 3.06 bits per heavy atom. The highest BCUT2D eigenvalue weighted by Crippen LogP contribution is 1.97. The fourth-order valence-electron chi connectivity index (χ4n) is 1.45. The Kier molecular flexibility index (Phi) is 9.62. The second-order valence-corrected chi connectivity index (χ2v) is 3.48. The topological polar surface area (TPSA) is 59.6 Å². The Morgan fingerprint density at radius 2 is 2.44 bits per heavy atom. The lowest BCUT2D eigenvalue weighted by Crippen LogP contribution is -2.44. The van der Waals surface area contributed by atoms with Crippen LogP contribution in [0, 0.1) is 0 Å². The van der Waals surface area contributed by atoms with Crippen molar-refractivity contribution in [1.82, 2.24) is 10.6 Å². The van der Waals surface area contributed by atoms with Crippen molar-refractivity contribution >= 4 is 18.3 Å². The molecule has 0 aromatic rings. The normalized spacial score (nSPS) is 19.9. The van der Waals surface area contributed by atoms with E-state index in [-0.39, 0.29) is 24.4 Å². The van der Waals surface area contributed by atoms with Gasteiger partial charge in [-0.1, -0.05) is 0 Å². The molecule has 0 radical (unpaired) electrons. The summed E-state index contributed by atoms with van der Waals surface area (Å²) < 4.78 is 10.4. The molecule has 2 N–H and O–H groups in total. The summed E-state index contributed by atoms with van der Waals surface area (Å²) in [6.45, 7) is 5.98. The van der Waals surface area contributed by atoms with Crippen LogP contribution >= 0.6 is 12.4 Å². The van der Waals surface area contributed by atoms with Crippen molar-refractivity contribution in [3.63, 3.8) is 0 Å². The summed E-state index contributed by atoms with van der Waals surface area (Å²) >= 11 is 0. The Balaban J connectivity index is 0.00000225. The standard InChI is InChI=1S/C10H20N2O3.ClH/c1-2-14-5-4-12-10(13)7-9-8-15-6-3-11-9;/h9,11H,2-8H2,1H3,(H,12,13);1H. The number of hydrogen-bond donors (Lipinski definition) is 2. The van der Waals surface area contributed by atoms with Gasteiger partial charge in [-0.25, -0.2) is 0 Å². The van der Waals surface area contributed by atoms with Crippen molar-refractivity contribution in [2.45, 2.75) is 19.4 Å². The Labute approximate surface area is 103 Å². The second kappa shape index (κ2) is 9.84. The lowest BCUT2D eigenvalue weighted by Gasteiger charge is -2.23. The minimum Gasteiger partial charge on any atom is -0.380 e. The average Bonchev–Trinajstić information content (AvgIpc) is 2.26. The summed E-state index contributed by atoms with van der Waals surface area (Å²) in [6, 6.07) is 0.158. The maximum Gasteiger partial charge on any atom is 0.221 e. The summed E-state index contributed by atoms with van der Waals surface area (Å²) in [7, 11) is 0. The number of amides is 1. The SMILES string of the molecule is CCOCCNC(=O)CC1COCCN1.Cl. The highest BCUT2D eigenvalue weighted by molar-refractivity contribution is 5.85. The van der Waals surface area contributed by atoms with Crippen LogP contribution in [0.25, 0.3) is 0 Å². The van der Waals surface area contributed by atoms with E-state index >= 15 is 0 Å². The van der Waals surface area contributed by atoms with Crippen molar-refractivity contribution in [3.05, 3.63) is 0 Å². The molecule has 1 unspecified atom stereocenters. The largest absolute Gasteiger partial charge is 0.380 e. The van der Waals surface area contributed by atoms with E-state index in [2.05, 4.69) is 10.6 Å². The van der Waals surface area contributed by atoms with Crippen LogP contribution < -0.4 is 10.6 Å². The van der Waals surface area contributed by atoms with Gasteiger partial charge >= 0.3 is 0 Å². The van der Waals surface area contributed by atoms with E-state index in [1.165, 1.54) is 0 Å². The van der Waals surface area contributed by atoms with Gasteiger partial charge in [0.25, 0.3) is 0 Å². The zero-order chi connectivity index (χ0) is 10.9. The van der Waals surface area contributed by atoms with Gasteiger partial charge in [0.2, 0.25) is 5.91 Å². The number of nitrogens with one attached hydrogen (secondary N) is 2. The molecular weight excluding hydrogens is 232 g/mol. The molecule has 0 aromatic carbocycles. The van der Waals surface area contributed by atoms with Gasteiger partial charge < -0.3 is 20.1 Å². The molecule has 5 nitrogen and oxygen atoms in total. The summed E-state index contributed by atoms with van der Waals surface area (Å²) in [6.07, 6.45) is 0.478. The molecule has 1 aliphatic rings. The summed E-state index contributed by atoms with van der Waals surface area (Å²) in [5, 5.41) is 6.04. The van der Waals surface area contributed by atoms with Crippen LogP contribution in [0.4, 0.5) is 0 Å². The molecule has 0 bridgehead atoms. The van der Waals surface area contributed by atoms with Gasteiger partial charge in [0.05, 0.1) is 19.8 Å². The molecule has 0 spiro atoms. The predicted octanol–water partition coefficient (Wildman–Crippen LogP) is -0.0606. The predicted molar refractivity (Wildman–Crippen MR) is 64.0 cm³/mol. The zero-order valence-electron chi connectivity index (χ0n) is 9.66. The van der Waals surface area contributed by atoms with Crippen LogP contribution in [0.15, 0.2) is 0 Å². The molecule has 0 saturated carbocycles. The van der Waals surface area contributed by atoms with Gasteiger partial charge in [-0.3, -0.25) is 4.79 Å². The fraction of sp³-hybridized carbons (Fsp3) is 0.900. The maximum atomic E-state index is 11.4. The van der Waals surface area contributed by atoms with Gasteiger partial charge in [-0.15, -0.1) is 12.4 Å². The summed E-state index contributed by atoms with van der Waals surface area (Å²) in [5.41, 5.74) is 0. The Morgan fingerprint density at radius 1 is 1.62 bits per heavy atom. The van der Waals surface area contributed by atoms with Crippen molar-refractivity contribution in [3.8, 4) is 0 Å². The molecule has 16 heavy (non-hydrogen) atoms. The van der Waals surface area contributed by atoms with Crippen molar-refractivity contribution in [1.29, 1.82) is 0 Å².